The Morgan fingerprint density at radius 3 is 1.92 bits per heavy atom. The number of aliphatic imine (C=N–C) groups is 2. The van der Waals surface area contributed by atoms with Crippen molar-refractivity contribution in [1.82, 2.24) is 11.0 Å². The van der Waals surface area contributed by atoms with Gasteiger partial charge in [-0.1, -0.05) is 33.1 Å². The second-order valence-electron chi connectivity index (χ2n) is 3.62. The van der Waals surface area contributed by atoms with E-state index < -0.39 is 5.97 Å². The topological polar surface area (TPSA) is 157 Å². The molecule has 0 unspecified atom stereocenters. The number of hydroxylamine groups is 2. The molecule has 0 saturated carbocycles. The van der Waals surface area contributed by atoms with Crippen LogP contribution in [0.3, 0.4) is 0 Å². The van der Waals surface area contributed by atoms with Crippen LogP contribution < -0.4 is 22.4 Å². The van der Waals surface area contributed by atoms with Crippen LogP contribution in [0.25, 0.3) is 0 Å². The Morgan fingerprint density at radius 2 is 1.62 bits per heavy atom. The van der Waals surface area contributed by atoms with Crippen LogP contribution in [-0.4, -0.2) is 43.5 Å². The van der Waals surface area contributed by atoms with Crippen LogP contribution in [0, 0.1) is 0 Å². The molecule has 0 aliphatic carbocycles. The van der Waals surface area contributed by atoms with Gasteiger partial charge in [-0.3, -0.25) is 0 Å². The summed E-state index contributed by atoms with van der Waals surface area (Å²) in [6, 6.07) is 2.62. The van der Waals surface area contributed by atoms with Crippen molar-refractivity contribution in [2.75, 3.05) is 26.4 Å². The van der Waals surface area contributed by atoms with Gasteiger partial charge in [-0.2, -0.15) is 0 Å². The molecule has 0 aliphatic heterocycles. The Morgan fingerprint density at radius 1 is 1.15 bits per heavy atom. The van der Waals surface area contributed by atoms with Crippen LogP contribution in [0.4, 0.5) is 0 Å². The number of nitrogens with two attached hydrogens (primary N) is 2. The summed E-state index contributed by atoms with van der Waals surface area (Å²) in [5, 5.41) is 7.60. The van der Waals surface area contributed by atoms with E-state index in [0.29, 0.717) is 6.67 Å². The van der Waals surface area contributed by atoms with Crippen LogP contribution in [0.2, 0.25) is 0 Å². The highest BCUT2D eigenvalue weighted by molar-refractivity contribution is 5.78. The summed E-state index contributed by atoms with van der Waals surface area (Å²) in [6.45, 7) is 16.0. The van der Waals surface area contributed by atoms with E-state index in [9.17, 15) is 4.79 Å². The summed E-state index contributed by atoms with van der Waals surface area (Å²) in [6.07, 6.45) is 5.72. The van der Waals surface area contributed by atoms with Crippen molar-refractivity contribution in [3.8, 4) is 0 Å². The van der Waals surface area contributed by atoms with Gasteiger partial charge in [-0.25, -0.2) is 14.8 Å². The molecular formula is C16H34N6O4. The number of hydrogen-bond acceptors (Lipinski definition) is 9. The van der Waals surface area contributed by atoms with Crippen LogP contribution in [-0.2, 0) is 14.5 Å². The van der Waals surface area contributed by atoms with Gasteiger partial charge in [0.25, 0.3) is 0 Å². The minimum absolute atomic E-state index is 0.250. The molecule has 0 fully saturated rings. The zero-order chi connectivity index (χ0) is 20.9. The van der Waals surface area contributed by atoms with Crippen molar-refractivity contribution in [3.63, 3.8) is 0 Å². The number of carboxylic acid groups (broad SMARTS) is 1. The number of rotatable bonds is 11. The summed E-state index contributed by atoms with van der Waals surface area (Å²) in [4.78, 5) is 26.0. The van der Waals surface area contributed by atoms with E-state index in [1.807, 2.05) is 6.92 Å². The van der Waals surface area contributed by atoms with Crippen LogP contribution in [0.5, 0.6) is 0 Å². The van der Waals surface area contributed by atoms with Gasteiger partial charge in [0.2, 0.25) is 0 Å². The first-order chi connectivity index (χ1) is 12.5. The Bertz CT molecular complexity index is 362. The minimum Gasteiger partial charge on any atom is -0.478 e. The fourth-order valence-electron chi connectivity index (χ4n) is 0.639. The molecule has 0 aliphatic rings. The molecule has 0 saturated heterocycles. The van der Waals surface area contributed by atoms with Gasteiger partial charge in [-0.15, -0.1) is 11.0 Å². The molecule has 0 heterocycles. The molecule has 10 heteroatoms. The molecule has 0 atom stereocenters. The highest BCUT2D eigenvalue weighted by atomic mass is 16.7. The lowest BCUT2D eigenvalue weighted by Gasteiger charge is -2.02. The van der Waals surface area contributed by atoms with Crippen LogP contribution in [0.1, 0.15) is 26.7 Å². The van der Waals surface area contributed by atoms with Crippen molar-refractivity contribution in [2.24, 2.45) is 21.5 Å². The Hall–Kier alpha value is -2.49. The van der Waals surface area contributed by atoms with Gasteiger partial charge in [-0.05, 0) is 13.3 Å². The monoisotopic (exact) mass is 374 g/mol. The fourth-order valence-corrected chi connectivity index (χ4v) is 0.639. The molecule has 0 radical (unpaired) electrons. The average molecular weight is 374 g/mol. The largest absolute Gasteiger partial charge is 0.478 e. The molecule has 152 valence electrons. The summed E-state index contributed by atoms with van der Waals surface area (Å²) in [5.74, 6) is -0.981. The number of nitrogens with one attached hydrogen (secondary N) is 2. The lowest BCUT2D eigenvalue weighted by atomic mass is 10.3. The number of aliphatic carboxylic acids is 1. The maximum atomic E-state index is 9.25. The minimum atomic E-state index is -0.981. The first-order valence-electron chi connectivity index (χ1n) is 7.84. The van der Waals surface area contributed by atoms with Crippen molar-refractivity contribution in [1.29, 1.82) is 0 Å². The lowest BCUT2D eigenvalue weighted by molar-refractivity contribution is -0.131. The van der Waals surface area contributed by atoms with Crippen molar-refractivity contribution < 1.29 is 19.6 Å². The number of unbranched alkanes of at least 4 members (excludes halogenated alkanes) is 1. The molecule has 0 aromatic heterocycles. The number of nitrogens with zero attached hydrogens (tertiary/aromatic N) is 2. The Labute approximate surface area is 156 Å². The van der Waals surface area contributed by atoms with E-state index >= 15 is 0 Å². The van der Waals surface area contributed by atoms with E-state index in [1.54, 1.807) is 0 Å². The Balaban J connectivity index is -0.000000134. The smallest absolute Gasteiger partial charge is 0.327 e. The van der Waals surface area contributed by atoms with Gasteiger partial charge >= 0.3 is 5.97 Å². The predicted molar refractivity (Wildman–Crippen MR) is 105 cm³/mol. The molecule has 0 amide bonds. The maximum absolute atomic E-state index is 9.25. The first-order valence-corrected chi connectivity index (χ1v) is 7.84. The molecule has 7 N–H and O–H groups in total. The molecule has 10 nitrogen and oxygen atoms in total. The van der Waals surface area contributed by atoms with Gasteiger partial charge in [0.1, 0.15) is 19.2 Å². The SMILES string of the molecule is C=CC(=O)O.C=CONCNOC=C.CCCCN=C=NCC.NCN. The van der Waals surface area contributed by atoms with Crippen molar-refractivity contribution >= 4 is 12.0 Å². The summed E-state index contributed by atoms with van der Waals surface area (Å²) in [5.41, 5.74) is 14.2. The number of carbonyl (C=O) groups is 1. The van der Waals surface area contributed by atoms with E-state index in [2.05, 4.69) is 74.8 Å². The summed E-state index contributed by atoms with van der Waals surface area (Å²) in [7, 11) is 0. The van der Waals surface area contributed by atoms with Crippen molar-refractivity contribution in [2.45, 2.75) is 26.7 Å². The van der Waals surface area contributed by atoms with Gasteiger partial charge in [0.05, 0.1) is 6.01 Å². The predicted octanol–water partition coefficient (Wildman–Crippen LogP) is 1.37. The third kappa shape index (κ3) is 68.3. The van der Waals surface area contributed by atoms with E-state index in [-0.39, 0.29) is 6.67 Å². The van der Waals surface area contributed by atoms with E-state index in [1.165, 1.54) is 18.9 Å². The second-order valence-corrected chi connectivity index (χ2v) is 3.62. The zero-order valence-corrected chi connectivity index (χ0v) is 15.8. The average Bonchev–Trinajstić information content (AvgIpc) is 2.63. The third-order valence-corrected chi connectivity index (χ3v) is 1.58. The van der Waals surface area contributed by atoms with E-state index in [0.717, 1.165) is 25.6 Å². The highest BCUT2D eigenvalue weighted by Gasteiger charge is 1.77. The van der Waals surface area contributed by atoms with Crippen LogP contribution in [0.15, 0.2) is 48.3 Å². The van der Waals surface area contributed by atoms with Gasteiger partial charge in [0, 0.05) is 25.8 Å². The zero-order valence-electron chi connectivity index (χ0n) is 15.8. The summed E-state index contributed by atoms with van der Waals surface area (Å²) < 4.78 is 0. The molecule has 0 aromatic rings. The highest BCUT2D eigenvalue weighted by Crippen LogP contribution is 1.84. The maximum Gasteiger partial charge on any atom is 0.327 e. The molecule has 0 spiro atoms. The summed E-state index contributed by atoms with van der Waals surface area (Å²) >= 11 is 0. The van der Waals surface area contributed by atoms with Gasteiger partial charge in [0.15, 0.2) is 0 Å². The molecule has 0 aromatic carbocycles. The quantitative estimate of drug-likeness (QED) is 0.0906. The molecule has 0 rings (SSSR count). The molecular weight excluding hydrogens is 340 g/mol. The fraction of sp³-hybridized carbons (Fsp3) is 0.500. The van der Waals surface area contributed by atoms with Crippen molar-refractivity contribution in [3.05, 3.63) is 38.3 Å². The lowest BCUT2D eigenvalue weighted by Crippen LogP contribution is -2.26. The van der Waals surface area contributed by atoms with Crippen LogP contribution >= 0.6 is 0 Å². The first kappa shape index (κ1) is 31.3. The molecule has 0 bridgehead atoms. The molecule has 26 heavy (non-hydrogen) atoms. The second kappa shape index (κ2) is 38.2. The number of carboxylic acids is 1. The number of hydrogen-bond donors (Lipinski definition) is 5. The van der Waals surface area contributed by atoms with E-state index in [4.69, 9.17) is 5.11 Å². The standard InChI is InChI=1S/C7H14N2.C5H10N2O2.C3H4O2.CH6N2/c1-3-5-6-9-7-8-4-2;1-3-8-6-5-7-9-4-2;1-2-3(4)5;2-1-3/h3-6H2,1-2H3;3-4,6-7H,1-2,5H2;2H,1H2,(H,4,5);1-3H2. The third-order valence-electron chi connectivity index (χ3n) is 1.58. The Kier molecular flexibility index (Phi) is 46.0. The normalized spacial score (nSPS) is 7.54. The van der Waals surface area contributed by atoms with Gasteiger partial charge < -0.3 is 26.2 Å².